The highest BCUT2D eigenvalue weighted by atomic mass is 19.1. The van der Waals surface area contributed by atoms with Crippen LogP contribution in [0.3, 0.4) is 0 Å². The predicted molar refractivity (Wildman–Crippen MR) is 105 cm³/mol. The van der Waals surface area contributed by atoms with E-state index in [0.717, 1.165) is 29.5 Å². The smallest absolute Gasteiger partial charge is 0.267 e. The fraction of sp³-hybridized carbons (Fsp3) is 0.182. The minimum atomic E-state index is -0.615. The van der Waals surface area contributed by atoms with Gasteiger partial charge >= 0.3 is 0 Å². The van der Waals surface area contributed by atoms with E-state index in [1.54, 1.807) is 30.3 Å². The summed E-state index contributed by atoms with van der Waals surface area (Å²) in [5.41, 5.74) is 5.08. The van der Waals surface area contributed by atoms with Crippen LogP contribution in [0.5, 0.6) is 0 Å². The largest absolute Gasteiger partial charge is 0.349 e. The zero-order valence-corrected chi connectivity index (χ0v) is 15.4. The average molecular weight is 380 g/mol. The van der Waals surface area contributed by atoms with Crippen molar-refractivity contribution >= 4 is 29.0 Å². The topological polar surface area (TPSA) is 78.4 Å². The number of hydrogen-bond donors (Lipinski definition) is 3. The molecule has 144 valence electrons. The van der Waals surface area contributed by atoms with E-state index in [0.29, 0.717) is 11.1 Å². The van der Waals surface area contributed by atoms with E-state index in [2.05, 4.69) is 5.32 Å². The first kappa shape index (κ1) is 19.5. The second-order valence-corrected chi connectivity index (χ2v) is 6.69. The molecule has 2 aromatic carbocycles. The van der Waals surface area contributed by atoms with Crippen molar-refractivity contribution in [2.75, 3.05) is 0 Å². The summed E-state index contributed by atoms with van der Waals surface area (Å²) >= 11 is 0. The number of amides is 2. The van der Waals surface area contributed by atoms with Gasteiger partial charge in [-0.3, -0.25) is 14.8 Å². The van der Waals surface area contributed by atoms with Crippen LogP contribution in [0.4, 0.5) is 4.39 Å². The molecule has 0 unspecified atom stereocenters. The maximum absolute atomic E-state index is 13.3. The maximum atomic E-state index is 13.3. The number of carbonyl (C=O) groups excluding carboxylic acids is 2. The number of rotatable bonds is 6. The highest BCUT2D eigenvalue weighted by Crippen LogP contribution is 2.29. The Bertz CT molecular complexity index is 927. The van der Waals surface area contributed by atoms with Gasteiger partial charge in [0.25, 0.3) is 11.8 Å². The highest BCUT2D eigenvalue weighted by molar-refractivity contribution is 6.26. The van der Waals surface area contributed by atoms with Crippen molar-refractivity contribution in [3.63, 3.8) is 0 Å². The molecule has 2 aromatic rings. The molecule has 0 aliphatic heterocycles. The highest BCUT2D eigenvalue weighted by Gasteiger charge is 2.26. The van der Waals surface area contributed by atoms with E-state index < -0.39 is 5.91 Å². The number of carbonyl (C=O) groups is 2. The van der Waals surface area contributed by atoms with Crippen LogP contribution in [0, 0.1) is 5.82 Å². The molecule has 1 aliphatic rings. The normalized spacial score (nSPS) is 14.5. The maximum Gasteiger partial charge on any atom is 0.267 e. The van der Waals surface area contributed by atoms with E-state index >= 15 is 0 Å². The molecular formula is C22H21FN2O3. The Morgan fingerprint density at radius 2 is 1.64 bits per heavy atom. The van der Waals surface area contributed by atoms with Gasteiger partial charge < -0.3 is 5.32 Å². The molecule has 0 radical (unpaired) electrons. The third kappa shape index (κ3) is 4.92. The number of allylic oxidation sites excluding steroid dienone is 1. The molecule has 1 aliphatic carbocycles. The SMILES string of the molecule is C/C(=C(/C(=O)NC1CC1)c1ccc(F)cc1)c1ccc(/C=C/C(=O)NO)cc1. The van der Waals surface area contributed by atoms with Crippen LogP contribution in [-0.4, -0.2) is 23.1 Å². The number of hydroxylamine groups is 1. The molecule has 0 atom stereocenters. The van der Waals surface area contributed by atoms with Gasteiger partial charge in [0.05, 0.1) is 5.57 Å². The molecule has 1 saturated carbocycles. The van der Waals surface area contributed by atoms with E-state index in [1.807, 2.05) is 19.1 Å². The second kappa shape index (κ2) is 8.63. The molecule has 1 fully saturated rings. The first-order valence-corrected chi connectivity index (χ1v) is 8.98. The van der Waals surface area contributed by atoms with E-state index in [-0.39, 0.29) is 17.8 Å². The van der Waals surface area contributed by atoms with Crippen molar-refractivity contribution in [3.05, 3.63) is 77.1 Å². The average Bonchev–Trinajstić information content (AvgIpc) is 3.52. The van der Waals surface area contributed by atoms with Crippen LogP contribution in [0.25, 0.3) is 17.2 Å². The fourth-order valence-corrected chi connectivity index (χ4v) is 2.82. The van der Waals surface area contributed by atoms with Gasteiger partial charge in [-0.1, -0.05) is 36.4 Å². The minimum absolute atomic E-state index is 0.171. The van der Waals surface area contributed by atoms with Gasteiger partial charge in [-0.15, -0.1) is 0 Å². The van der Waals surface area contributed by atoms with Gasteiger partial charge in [-0.05, 0) is 60.2 Å². The summed E-state index contributed by atoms with van der Waals surface area (Å²) < 4.78 is 13.3. The van der Waals surface area contributed by atoms with Gasteiger partial charge in [-0.25, -0.2) is 9.87 Å². The lowest BCUT2D eigenvalue weighted by Crippen LogP contribution is -2.26. The Balaban J connectivity index is 1.94. The van der Waals surface area contributed by atoms with Crippen molar-refractivity contribution in [2.45, 2.75) is 25.8 Å². The van der Waals surface area contributed by atoms with Crippen LogP contribution < -0.4 is 10.8 Å². The van der Waals surface area contributed by atoms with Gasteiger partial charge in [0.15, 0.2) is 0 Å². The van der Waals surface area contributed by atoms with Gasteiger partial charge in [0.1, 0.15) is 5.82 Å². The third-order valence-electron chi connectivity index (χ3n) is 4.53. The summed E-state index contributed by atoms with van der Waals surface area (Å²) in [5.74, 6) is -1.14. The molecular weight excluding hydrogens is 359 g/mol. The van der Waals surface area contributed by atoms with Crippen molar-refractivity contribution in [3.8, 4) is 0 Å². The molecule has 6 heteroatoms. The molecule has 0 aromatic heterocycles. The Morgan fingerprint density at radius 3 is 2.21 bits per heavy atom. The standard InChI is InChI=1S/C22H21FN2O3/c1-14(16-5-2-15(3-6-16)4-13-20(26)25-28)21(22(27)24-19-11-12-19)17-7-9-18(23)10-8-17/h2-10,13,19,28H,11-12H2,1H3,(H,24,27)(H,25,26)/b13-4+,21-14-. The monoisotopic (exact) mass is 380 g/mol. The Kier molecular flexibility index (Phi) is 6.01. The molecule has 5 nitrogen and oxygen atoms in total. The van der Waals surface area contributed by atoms with Crippen LogP contribution in [0.15, 0.2) is 54.6 Å². The first-order valence-electron chi connectivity index (χ1n) is 8.98. The third-order valence-corrected chi connectivity index (χ3v) is 4.53. The quantitative estimate of drug-likeness (QED) is 0.310. The van der Waals surface area contributed by atoms with E-state index in [4.69, 9.17) is 5.21 Å². The summed E-state index contributed by atoms with van der Waals surface area (Å²) in [4.78, 5) is 23.9. The van der Waals surface area contributed by atoms with Crippen LogP contribution in [0.2, 0.25) is 0 Å². The van der Waals surface area contributed by atoms with Crippen LogP contribution in [0.1, 0.15) is 36.5 Å². The zero-order valence-electron chi connectivity index (χ0n) is 15.4. The molecule has 3 N–H and O–H groups in total. The minimum Gasteiger partial charge on any atom is -0.349 e. The fourth-order valence-electron chi connectivity index (χ4n) is 2.82. The number of nitrogens with one attached hydrogen (secondary N) is 2. The molecule has 0 heterocycles. The Hall–Kier alpha value is -3.25. The second-order valence-electron chi connectivity index (χ2n) is 6.69. The molecule has 3 rings (SSSR count). The lowest BCUT2D eigenvalue weighted by atomic mass is 9.94. The van der Waals surface area contributed by atoms with Gasteiger partial charge in [-0.2, -0.15) is 0 Å². The van der Waals surface area contributed by atoms with E-state index in [1.165, 1.54) is 23.7 Å². The summed E-state index contributed by atoms with van der Waals surface area (Å²) in [5, 5.41) is 11.5. The predicted octanol–water partition coefficient (Wildman–Crippen LogP) is 3.55. The summed E-state index contributed by atoms with van der Waals surface area (Å²) in [6.07, 6.45) is 4.73. The molecule has 0 bridgehead atoms. The molecule has 28 heavy (non-hydrogen) atoms. The number of hydrogen-bond acceptors (Lipinski definition) is 3. The Morgan fingerprint density at radius 1 is 1.04 bits per heavy atom. The summed E-state index contributed by atoms with van der Waals surface area (Å²) in [6.45, 7) is 1.86. The molecule has 0 spiro atoms. The van der Waals surface area contributed by atoms with Crippen molar-refractivity contribution in [1.29, 1.82) is 0 Å². The zero-order chi connectivity index (χ0) is 20.1. The Labute approximate surface area is 162 Å². The molecule has 2 amide bonds. The van der Waals surface area contributed by atoms with Crippen molar-refractivity contribution < 1.29 is 19.2 Å². The van der Waals surface area contributed by atoms with Crippen LogP contribution in [-0.2, 0) is 9.59 Å². The lowest BCUT2D eigenvalue weighted by molar-refractivity contribution is -0.124. The van der Waals surface area contributed by atoms with Crippen molar-refractivity contribution in [2.24, 2.45) is 0 Å². The van der Waals surface area contributed by atoms with Crippen LogP contribution >= 0.6 is 0 Å². The van der Waals surface area contributed by atoms with Gasteiger partial charge in [0, 0.05) is 12.1 Å². The lowest BCUT2D eigenvalue weighted by Gasteiger charge is -2.14. The van der Waals surface area contributed by atoms with E-state index in [9.17, 15) is 14.0 Å². The molecule has 0 saturated heterocycles. The van der Waals surface area contributed by atoms with Gasteiger partial charge in [0.2, 0.25) is 0 Å². The summed E-state index contributed by atoms with van der Waals surface area (Å²) in [7, 11) is 0. The number of halogens is 1. The number of benzene rings is 2. The first-order chi connectivity index (χ1) is 13.5. The van der Waals surface area contributed by atoms with Crippen molar-refractivity contribution in [1.82, 2.24) is 10.8 Å². The summed E-state index contributed by atoms with van der Waals surface area (Å²) in [6, 6.07) is 13.4.